The van der Waals surface area contributed by atoms with Crippen molar-refractivity contribution in [3.63, 3.8) is 0 Å². The molecular weight excluding hydrogens is 276 g/mol. The molecule has 0 aliphatic carbocycles. The van der Waals surface area contributed by atoms with Crippen molar-refractivity contribution in [2.24, 2.45) is 5.92 Å². The number of anilines is 1. The van der Waals surface area contributed by atoms with Crippen LogP contribution in [0.15, 0.2) is 11.6 Å². The summed E-state index contributed by atoms with van der Waals surface area (Å²) in [7, 11) is 0. The molecule has 2 aliphatic rings. The van der Waals surface area contributed by atoms with Crippen LogP contribution in [0.25, 0.3) is 0 Å². The first-order chi connectivity index (χ1) is 9.74. The van der Waals surface area contributed by atoms with Gasteiger partial charge in [0, 0.05) is 50.7 Å². The highest BCUT2D eigenvalue weighted by atomic mass is 32.1. The van der Waals surface area contributed by atoms with Crippen LogP contribution in [0.2, 0.25) is 0 Å². The minimum atomic E-state index is -0.0425. The minimum Gasteiger partial charge on any atom is -0.355 e. The van der Waals surface area contributed by atoms with Gasteiger partial charge >= 0.3 is 0 Å². The molecule has 2 fully saturated rings. The fourth-order valence-electron chi connectivity index (χ4n) is 2.69. The predicted octanol–water partition coefficient (Wildman–Crippen LogP) is 0.318. The molecule has 108 valence electrons. The first kappa shape index (κ1) is 13.4. The van der Waals surface area contributed by atoms with Crippen LogP contribution in [0.3, 0.4) is 0 Å². The summed E-state index contributed by atoms with van der Waals surface area (Å²) in [4.78, 5) is 32.0. The summed E-state index contributed by atoms with van der Waals surface area (Å²) in [6.45, 7) is 3.63. The molecule has 1 aromatic heterocycles. The van der Waals surface area contributed by atoms with E-state index in [2.05, 4.69) is 15.2 Å². The van der Waals surface area contributed by atoms with Crippen LogP contribution in [0.4, 0.5) is 5.13 Å². The summed E-state index contributed by atoms with van der Waals surface area (Å²) in [5, 5.41) is 5.78. The summed E-state index contributed by atoms with van der Waals surface area (Å²) in [5.41, 5.74) is 0. The lowest BCUT2D eigenvalue weighted by atomic mass is 9.97. The normalized spacial score (nSPS) is 23.6. The Kier molecular flexibility index (Phi) is 3.86. The summed E-state index contributed by atoms with van der Waals surface area (Å²) in [6, 6.07) is 0. The summed E-state index contributed by atoms with van der Waals surface area (Å²) in [5.74, 6) is 0.200. The molecule has 0 saturated carbocycles. The second kappa shape index (κ2) is 5.78. The molecule has 0 aromatic carbocycles. The van der Waals surface area contributed by atoms with Gasteiger partial charge in [0.1, 0.15) is 0 Å². The molecule has 3 heterocycles. The van der Waals surface area contributed by atoms with Crippen molar-refractivity contribution in [2.45, 2.75) is 12.8 Å². The van der Waals surface area contributed by atoms with Crippen molar-refractivity contribution in [1.29, 1.82) is 0 Å². The van der Waals surface area contributed by atoms with Crippen molar-refractivity contribution in [3.05, 3.63) is 11.6 Å². The largest absolute Gasteiger partial charge is 0.355 e. The van der Waals surface area contributed by atoms with Crippen molar-refractivity contribution in [3.8, 4) is 0 Å². The smallest absolute Gasteiger partial charge is 0.227 e. The topological polar surface area (TPSA) is 65.5 Å². The van der Waals surface area contributed by atoms with Crippen molar-refractivity contribution < 1.29 is 9.59 Å². The van der Waals surface area contributed by atoms with E-state index in [9.17, 15) is 9.59 Å². The van der Waals surface area contributed by atoms with Crippen molar-refractivity contribution in [2.75, 3.05) is 37.6 Å². The Morgan fingerprint density at radius 2 is 2.15 bits per heavy atom. The Labute approximate surface area is 121 Å². The van der Waals surface area contributed by atoms with E-state index in [4.69, 9.17) is 0 Å². The Bertz CT molecular complexity index is 473. The van der Waals surface area contributed by atoms with Crippen LogP contribution < -0.4 is 10.2 Å². The van der Waals surface area contributed by atoms with E-state index in [0.717, 1.165) is 31.3 Å². The minimum absolute atomic E-state index is 0.0425. The Hall–Kier alpha value is -1.63. The van der Waals surface area contributed by atoms with E-state index in [1.165, 1.54) is 0 Å². The number of amides is 2. The second-order valence-corrected chi connectivity index (χ2v) is 6.04. The van der Waals surface area contributed by atoms with Gasteiger partial charge in [0.25, 0.3) is 0 Å². The standard InChI is InChI=1S/C13H18N4O2S/c18-11-2-1-10(9-15-11)12(19)16-4-6-17(7-5-16)13-14-3-8-20-13/h3,8,10H,1-2,4-7,9H2,(H,15,18)/t10-/m0/s1. The number of hydrogen-bond acceptors (Lipinski definition) is 5. The molecule has 1 aromatic rings. The molecule has 6 nitrogen and oxygen atoms in total. The molecule has 7 heteroatoms. The van der Waals surface area contributed by atoms with Crippen LogP contribution in [0.5, 0.6) is 0 Å². The van der Waals surface area contributed by atoms with E-state index < -0.39 is 0 Å². The summed E-state index contributed by atoms with van der Waals surface area (Å²) >= 11 is 1.63. The molecule has 2 saturated heterocycles. The number of nitrogens with one attached hydrogen (secondary N) is 1. The highest BCUT2D eigenvalue weighted by molar-refractivity contribution is 7.13. The van der Waals surface area contributed by atoms with Gasteiger partial charge in [-0.25, -0.2) is 4.98 Å². The number of carbonyl (C=O) groups excluding carboxylic acids is 2. The number of hydrogen-bond donors (Lipinski definition) is 1. The zero-order chi connectivity index (χ0) is 13.9. The Balaban J connectivity index is 1.52. The van der Waals surface area contributed by atoms with Crippen LogP contribution in [-0.4, -0.2) is 54.4 Å². The first-order valence-electron chi connectivity index (χ1n) is 6.94. The predicted molar refractivity (Wildman–Crippen MR) is 76.6 cm³/mol. The third-order valence-corrected chi connectivity index (χ3v) is 4.73. The highest BCUT2D eigenvalue weighted by Crippen LogP contribution is 2.20. The van der Waals surface area contributed by atoms with E-state index in [1.807, 2.05) is 16.5 Å². The average molecular weight is 294 g/mol. The van der Waals surface area contributed by atoms with Gasteiger partial charge in [0.05, 0.1) is 5.92 Å². The maximum absolute atomic E-state index is 12.4. The fourth-order valence-corrected chi connectivity index (χ4v) is 3.39. The lowest BCUT2D eigenvalue weighted by Crippen LogP contribution is -2.52. The van der Waals surface area contributed by atoms with Gasteiger partial charge in [0.2, 0.25) is 11.8 Å². The van der Waals surface area contributed by atoms with Gasteiger partial charge < -0.3 is 15.1 Å². The third kappa shape index (κ3) is 2.77. The van der Waals surface area contributed by atoms with Crippen molar-refractivity contribution in [1.82, 2.24) is 15.2 Å². The lowest BCUT2D eigenvalue weighted by Gasteiger charge is -2.37. The SMILES string of the molecule is O=C1CC[C@H](C(=O)N2CCN(c3nccs3)CC2)CN1. The van der Waals surface area contributed by atoms with E-state index >= 15 is 0 Å². The van der Waals surface area contributed by atoms with Crippen LogP contribution in [0.1, 0.15) is 12.8 Å². The maximum atomic E-state index is 12.4. The lowest BCUT2D eigenvalue weighted by molar-refractivity contribution is -0.137. The molecular formula is C13H18N4O2S. The van der Waals surface area contributed by atoms with Crippen molar-refractivity contribution >= 4 is 28.3 Å². The molecule has 20 heavy (non-hydrogen) atoms. The first-order valence-corrected chi connectivity index (χ1v) is 7.82. The molecule has 0 bridgehead atoms. The molecule has 1 N–H and O–H groups in total. The van der Waals surface area contributed by atoms with Gasteiger partial charge in [-0.2, -0.15) is 0 Å². The zero-order valence-electron chi connectivity index (χ0n) is 11.2. The zero-order valence-corrected chi connectivity index (χ0v) is 12.1. The number of rotatable bonds is 2. The second-order valence-electron chi connectivity index (χ2n) is 5.17. The van der Waals surface area contributed by atoms with E-state index in [0.29, 0.717) is 19.4 Å². The Morgan fingerprint density at radius 1 is 1.35 bits per heavy atom. The molecule has 2 amide bonds. The van der Waals surface area contributed by atoms with Gasteiger partial charge in [-0.1, -0.05) is 0 Å². The average Bonchev–Trinajstić information content (AvgIpc) is 3.02. The molecule has 2 aliphatic heterocycles. The molecule has 0 spiro atoms. The van der Waals surface area contributed by atoms with Gasteiger partial charge in [-0.05, 0) is 6.42 Å². The number of nitrogens with zero attached hydrogens (tertiary/aromatic N) is 3. The quantitative estimate of drug-likeness (QED) is 0.853. The van der Waals surface area contributed by atoms with E-state index in [-0.39, 0.29) is 17.7 Å². The fraction of sp³-hybridized carbons (Fsp3) is 0.615. The molecule has 0 unspecified atom stereocenters. The number of thiazole rings is 1. The number of aromatic nitrogens is 1. The number of piperazine rings is 1. The van der Waals surface area contributed by atoms with E-state index in [1.54, 1.807) is 11.3 Å². The number of piperidine rings is 1. The van der Waals surface area contributed by atoms with Gasteiger partial charge in [-0.15, -0.1) is 11.3 Å². The summed E-state index contributed by atoms with van der Waals surface area (Å²) in [6.07, 6.45) is 2.95. The molecule has 1 atom stereocenters. The summed E-state index contributed by atoms with van der Waals surface area (Å²) < 4.78 is 0. The van der Waals surface area contributed by atoms with Crippen LogP contribution >= 0.6 is 11.3 Å². The molecule has 3 rings (SSSR count). The monoisotopic (exact) mass is 294 g/mol. The number of carbonyl (C=O) groups is 2. The Morgan fingerprint density at radius 3 is 2.75 bits per heavy atom. The van der Waals surface area contributed by atoms with Crippen LogP contribution in [0, 0.1) is 5.92 Å². The highest BCUT2D eigenvalue weighted by Gasteiger charge is 2.30. The van der Waals surface area contributed by atoms with Gasteiger partial charge in [-0.3, -0.25) is 9.59 Å². The van der Waals surface area contributed by atoms with Gasteiger partial charge in [0.15, 0.2) is 5.13 Å². The molecule has 0 radical (unpaired) electrons. The maximum Gasteiger partial charge on any atom is 0.227 e. The van der Waals surface area contributed by atoms with Crippen LogP contribution in [-0.2, 0) is 9.59 Å². The third-order valence-electron chi connectivity index (χ3n) is 3.90.